The highest BCUT2D eigenvalue weighted by Gasteiger charge is 2.24. The van der Waals surface area contributed by atoms with Gasteiger partial charge in [-0.15, -0.1) is 0 Å². The third kappa shape index (κ3) is 3.40. The fourth-order valence-corrected chi connectivity index (χ4v) is 3.62. The number of hydrogen-bond donors (Lipinski definition) is 2. The Morgan fingerprint density at radius 2 is 2.07 bits per heavy atom. The number of para-hydroxylation sites is 1. The monoisotopic (exact) mass is 429 g/mol. The topological polar surface area (TPSA) is 93.2 Å². The van der Waals surface area contributed by atoms with E-state index in [0.29, 0.717) is 23.9 Å². The number of nitrogens with zero attached hydrogens (tertiary/aromatic N) is 1. The summed E-state index contributed by atoms with van der Waals surface area (Å²) in [6.45, 7) is 0.135. The molecule has 0 aliphatic carbocycles. The van der Waals surface area contributed by atoms with Crippen LogP contribution >= 0.6 is 15.9 Å². The Hall–Kier alpha value is -2.87. The zero-order valence-electron chi connectivity index (χ0n) is 14.2. The van der Waals surface area contributed by atoms with Crippen molar-refractivity contribution in [1.82, 2.24) is 14.9 Å². The molecule has 138 valence electrons. The van der Waals surface area contributed by atoms with Gasteiger partial charge in [0.1, 0.15) is 12.3 Å². The number of hydrogen-bond acceptors (Lipinski definition) is 4. The van der Waals surface area contributed by atoms with Gasteiger partial charge in [-0.25, -0.2) is 4.79 Å². The molecule has 1 aliphatic heterocycles. The van der Waals surface area contributed by atoms with Crippen LogP contribution in [0.25, 0.3) is 10.9 Å². The van der Waals surface area contributed by atoms with Crippen LogP contribution in [0.5, 0.6) is 5.75 Å². The van der Waals surface area contributed by atoms with E-state index in [1.807, 2.05) is 18.2 Å². The van der Waals surface area contributed by atoms with Gasteiger partial charge < -0.3 is 15.0 Å². The Morgan fingerprint density at radius 3 is 2.93 bits per heavy atom. The molecular weight excluding hydrogens is 414 g/mol. The van der Waals surface area contributed by atoms with E-state index in [0.717, 1.165) is 20.4 Å². The summed E-state index contributed by atoms with van der Waals surface area (Å²) in [5, 5.41) is 3.27. The highest BCUT2D eigenvalue weighted by atomic mass is 79.9. The maximum Gasteiger partial charge on any atom is 0.329 e. The van der Waals surface area contributed by atoms with Crippen molar-refractivity contribution in [3.8, 4) is 5.75 Å². The van der Waals surface area contributed by atoms with Gasteiger partial charge in [0.15, 0.2) is 0 Å². The molecule has 0 fully saturated rings. The molecule has 1 aliphatic rings. The average Bonchev–Trinajstić information content (AvgIpc) is 2.65. The number of H-pyrrole nitrogens is 1. The molecule has 2 N–H and O–H groups in total. The molecule has 1 unspecified atom stereocenters. The summed E-state index contributed by atoms with van der Waals surface area (Å²) in [7, 11) is 0. The maximum atomic E-state index is 12.6. The molecule has 0 saturated carbocycles. The normalized spacial score (nSPS) is 15.8. The first kappa shape index (κ1) is 17.5. The number of carbonyl (C=O) groups is 1. The van der Waals surface area contributed by atoms with Gasteiger partial charge in [0.05, 0.1) is 23.6 Å². The lowest BCUT2D eigenvalue weighted by molar-refractivity contribution is -0.122. The first-order valence-electron chi connectivity index (χ1n) is 8.46. The first-order valence-corrected chi connectivity index (χ1v) is 9.26. The number of nitrogens with one attached hydrogen (secondary N) is 2. The molecule has 7 nitrogen and oxygen atoms in total. The van der Waals surface area contributed by atoms with E-state index >= 15 is 0 Å². The largest absolute Gasteiger partial charge is 0.493 e. The van der Waals surface area contributed by atoms with Crippen LogP contribution in [0.3, 0.4) is 0 Å². The highest BCUT2D eigenvalue weighted by Crippen LogP contribution is 2.34. The molecule has 2 aromatic carbocycles. The second-order valence-corrected chi connectivity index (χ2v) is 7.22. The number of benzene rings is 2. The summed E-state index contributed by atoms with van der Waals surface area (Å²) < 4.78 is 7.41. The van der Waals surface area contributed by atoms with Gasteiger partial charge in [-0.2, -0.15) is 0 Å². The zero-order valence-corrected chi connectivity index (χ0v) is 15.8. The van der Waals surface area contributed by atoms with E-state index in [1.165, 1.54) is 0 Å². The first-order chi connectivity index (χ1) is 13.0. The van der Waals surface area contributed by atoms with Gasteiger partial charge in [0, 0.05) is 16.5 Å². The molecule has 27 heavy (non-hydrogen) atoms. The third-order valence-corrected chi connectivity index (χ3v) is 5.03. The number of carbonyl (C=O) groups excluding carboxylic acids is 1. The van der Waals surface area contributed by atoms with Crippen molar-refractivity contribution in [2.45, 2.75) is 19.0 Å². The van der Waals surface area contributed by atoms with E-state index in [4.69, 9.17) is 4.74 Å². The van der Waals surface area contributed by atoms with E-state index in [-0.39, 0.29) is 12.6 Å². The van der Waals surface area contributed by atoms with Crippen LogP contribution in [0.4, 0.5) is 0 Å². The van der Waals surface area contributed by atoms with E-state index < -0.39 is 17.2 Å². The van der Waals surface area contributed by atoms with E-state index in [9.17, 15) is 14.4 Å². The lowest BCUT2D eigenvalue weighted by Gasteiger charge is -2.27. The summed E-state index contributed by atoms with van der Waals surface area (Å²) in [6, 6.07) is 12.1. The summed E-state index contributed by atoms with van der Waals surface area (Å²) in [4.78, 5) is 40.0. The number of rotatable bonds is 3. The maximum absolute atomic E-state index is 12.6. The van der Waals surface area contributed by atoms with E-state index in [2.05, 4.69) is 26.2 Å². The summed E-state index contributed by atoms with van der Waals surface area (Å²) >= 11 is 3.42. The fourth-order valence-electron chi connectivity index (χ4n) is 3.24. The number of aromatic nitrogens is 2. The minimum atomic E-state index is -0.607. The fraction of sp³-hybridized carbons (Fsp3) is 0.211. The Morgan fingerprint density at radius 1 is 1.26 bits per heavy atom. The van der Waals surface area contributed by atoms with Gasteiger partial charge in [-0.1, -0.05) is 28.1 Å². The van der Waals surface area contributed by atoms with Crippen LogP contribution in [-0.4, -0.2) is 22.1 Å². The lowest BCUT2D eigenvalue weighted by atomic mass is 10.0. The Kier molecular flexibility index (Phi) is 4.57. The van der Waals surface area contributed by atoms with Gasteiger partial charge in [0.2, 0.25) is 5.91 Å². The van der Waals surface area contributed by atoms with Crippen molar-refractivity contribution in [3.63, 3.8) is 0 Å². The number of halogens is 1. The molecule has 1 amide bonds. The predicted octanol–water partition coefficient (Wildman–Crippen LogP) is 2.09. The van der Waals surface area contributed by atoms with Crippen LogP contribution in [-0.2, 0) is 11.3 Å². The molecule has 1 aromatic heterocycles. The van der Waals surface area contributed by atoms with Crippen LogP contribution in [0.1, 0.15) is 18.0 Å². The van der Waals surface area contributed by atoms with Gasteiger partial charge in [0.25, 0.3) is 5.56 Å². The third-order valence-electron chi connectivity index (χ3n) is 4.54. The van der Waals surface area contributed by atoms with Crippen LogP contribution in [0.15, 0.2) is 56.5 Å². The SMILES string of the molecule is O=C(Cn1c(=O)[nH]c2ccccc2c1=O)NC1CCOc2ccc(Br)cc21. The summed E-state index contributed by atoms with van der Waals surface area (Å²) in [5.41, 5.74) is 0.222. The Bertz CT molecular complexity index is 1150. The van der Waals surface area contributed by atoms with Crippen molar-refractivity contribution in [3.05, 3.63) is 73.3 Å². The molecule has 4 rings (SSSR count). The molecule has 0 radical (unpaired) electrons. The average molecular weight is 430 g/mol. The van der Waals surface area contributed by atoms with Crippen LogP contribution in [0.2, 0.25) is 0 Å². The summed E-state index contributed by atoms with van der Waals surface area (Å²) in [5.74, 6) is 0.311. The van der Waals surface area contributed by atoms with Crippen LogP contribution in [0, 0.1) is 0 Å². The van der Waals surface area contributed by atoms with Gasteiger partial charge in [-0.05, 0) is 30.3 Å². The lowest BCUT2D eigenvalue weighted by Crippen LogP contribution is -2.42. The van der Waals surface area contributed by atoms with E-state index in [1.54, 1.807) is 24.3 Å². The predicted molar refractivity (Wildman–Crippen MR) is 104 cm³/mol. The van der Waals surface area contributed by atoms with Gasteiger partial charge in [-0.3, -0.25) is 14.2 Å². The second-order valence-electron chi connectivity index (χ2n) is 6.31. The van der Waals surface area contributed by atoms with Gasteiger partial charge >= 0.3 is 5.69 Å². The minimum absolute atomic E-state index is 0.242. The quantitative estimate of drug-likeness (QED) is 0.666. The number of ether oxygens (including phenoxy) is 1. The molecule has 8 heteroatoms. The zero-order chi connectivity index (χ0) is 19.0. The Labute approximate surface area is 162 Å². The van der Waals surface area contributed by atoms with Crippen molar-refractivity contribution in [2.24, 2.45) is 0 Å². The standard InChI is InChI=1S/C19H16BrN3O4/c20-11-5-6-16-13(9-11)15(7-8-27-16)21-17(24)10-23-18(25)12-3-1-2-4-14(12)22-19(23)26/h1-6,9,15H,7-8,10H2,(H,21,24)(H,22,26). The second kappa shape index (κ2) is 7.03. The molecule has 0 spiro atoms. The smallest absolute Gasteiger partial charge is 0.329 e. The highest BCUT2D eigenvalue weighted by molar-refractivity contribution is 9.10. The number of aromatic amines is 1. The molecular formula is C19H16BrN3O4. The van der Waals surface area contributed by atoms with Crippen molar-refractivity contribution in [1.29, 1.82) is 0 Å². The number of fused-ring (bicyclic) bond motifs is 2. The summed E-state index contributed by atoms with van der Waals surface area (Å²) in [6.07, 6.45) is 0.609. The van der Waals surface area contributed by atoms with Crippen molar-refractivity contribution < 1.29 is 9.53 Å². The van der Waals surface area contributed by atoms with Crippen molar-refractivity contribution >= 4 is 32.7 Å². The molecule has 0 saturated heterocycles. The van der Waals surface area contributed by atoms with Crippen LogP contribution < -0.4 is 21.3 Å². The minimum Gasteiger partial charge on any atom is -0.493 e. The van der Waals surface area contributed by atoms with Crippen molar-refractivity contribution in [2.75, 3.05) is 6.61 Å². The molecule has 2 heterocycles. The number of amides is 1. The molecule has 3 aromatic rings. The molecule has 1 atom stereocenters. The Balaban J connectivity index is 1.60. The molecule has 0 bridgehead atoms.